The summed E-state index contributed by atoms with van der Waals surface area (Å²) in [6.45, 7) is 2.56. The molecule has 3 aliphatic heterocycles. The number of rotatable bonds is 7. The van der Waals surface area contributed by atoms with Crippen LogP contribution >= 0.6 is 0 Å². The third kappa shape index (κ3) is 4.79. The fourth-order valence-electron chi connectivity index (χ4n) is 5.97. The quantitative estimate of drug-likeness (QED) is 0.224. The van der Waals surface area contributed by atoms with Crippen molar-refractivity contribution >= 4 is 46.2 Å². The van der Waals surface area contributed by atoms with Gasteiger partial charge in [-0.25, -0.2) is 4.98 Å². The molecular weight excluding hydrogens is 534 g/mol. The molecular formula is C31H31N7O4. The van der Waals surface area contributed by atoms with Gasteiger partial charge < -0.3 is 21.1 Å². The third-order valence-corrected chi connectivity index (χ3v) is 8.49. The number of allylic oxidation sites excluding steroid dienone is 2. The molecule has 7 rings (SSSR count). The minimum Gasteiger partial charge on any atom is -0.402 e. The standard InChI is InChI=1S/C31H31N7O4/c1-16(32)22(25-15-35-23-4-2-3-5-24(23)36-25)14-34-19-10-17(11-19)13-33-18-6-7-20-21(12-18)31(41)38(30(20)40)26-8-9-27-29(42-27)37-28(26)39/h2-7,12,14-15,17,19,26-27,29,33H,8-11,13,32H2,1H3,(H,37,39). The summed E-state index contributed by atoms with van der Waals surface area (Å²) in [5.74, 6) is -0.772. The van der Waals surface area contributed by atoms with Crippen LogP contribution in [0.1, 0.15) is 59.0 Å². The van der Waals surface area contributed by atoms with Gasteiger partial charge in [-0.05, 0) is 68.9 Å². The average molecular weight is 566 g/mol. The summed E-state index contributed by atoms with van der Waals surface area (Å²) in [4.78, 5) is 54.0. The molecule has 1 aliphatic carbocycles. The molecule has 2 aromatic carbocycles. The average Bonchev–Trinajstić information content (AvgIpc) is 3.68. The lowest BCUT2D eigenvalue weighted by Crippen LogP contribution is -2.49. The number of carbonyl (C=O) groups excluding carboxylic acids is 3. The molecule has 2 saturated heterocycles. The third-order valence-electron chi connectivity index (χ3n) is 8.49. The highest BCUT2D eigenvalue weighted by Gasteiger charge is 2.49. The number of nitrogens with one attached hydrogen (secondary N) is 2. The highest BCUT2D eigenvalue weighted by atomic mass is 16.6. The molecule has 3 amide bonds. The molecule has 11 heteroatoms. The normalized spacial score (nSPS) is 27.2. The second kappa shape index (κ2) is 10.3. The zero-order valence-electron chi connectivity index (χ0n) is 23.1. The maximum atomic E-state index is 13.2. The highest BCUT2D eigenvalue weighted by Crippen LogP contribution is 2.34. The zero-order chi connectivity index (χ0) is 29.0. The van der Waals surface area contributed by atoms with Gasteiger partial charge in [0.05, 0.1) is 40.1 Å². The van der Waals surface area contributed by atoms with Crippen LogP contribution in [-0.4, -0.2) is 69.8 Å². The molecule has 11 nitrogen and oxygen atoms in total. The van der Waals surface area contributed by atoms with E-state index in [1.165, 1.54) is 0 Å². The Morgan fingerprint density at radius 1 is 1.12 bits per heavy atom. The van der Waals surface area contributed by atoms with E-state index in [4.69, 9.17) is 20.4 Å². The molecule has 214 valence electrons. The Hall–Kier alpha value is -4.64. The summed E-state index contributed by atoms with van der Waals surface area (Å²) in [6, 6.07) is 12.3. The molecule has 0 bridgehead atoms. The van der Waals surface area contributed by atoms with E-state index in [0.29, 0.717) is 41.3 Å². The van der Waals surface area contributed by atoms with Gasteiger partial charge in [-0.1, -0.05) is 12.1 Å². The SMILES string of the molecule is CC(N)=C(C=NC1CC(CNc2ccc3c(c2)C(=O)N(C2CCC4OC4NC2=O)C3=O)C1)c1cnc2ccccc2n1. The number of imide groups is 1. The Morgan fingerprint density at radius 3 is 2.71 bits per heavy atom. The maximum absolute atomic E-state index is 13.2. The summed E-state index contributed by atoms with van der Waals surface area (Å²) in [5, 5.41) is 6.17. The van der Waals surface area contributed by atoms with Crippen LogP contribution in [0.5, 0.6) is 0 Å². The second-order valence-corrected chi connectivity index (χ2v) is 11.4. The van der Waals surface area contributed by atoms with Gasteiger partial charge in [0, 0.05) is 29.7 Å². The number of nitrogens with two attached hydrogens (primary N) is 1. The van der Waals surface area contributed by atoms with Crippen molar-refractivity contribution in [1.29, 1.82) is 0 Å². The number of para-hydroxylation sites is 2. The number of benzene rings is 2. The number of epoxide rings is 1. The Labute approximate surface area is 242 Å². The fraction of sp³-hybridized carbons (Fsp3) is 0.355. The number of aromatic nitrogens is 2. The van der Waals surface area contributed by atoms with Gasteiger partial charge in [-0.3, -0.25) is 29.3 Å². The van der Waals surface area contributed by atoms with Crippen molar-refractivity contribution in [3.8, 4) is 0 Å². The van der Waals surface area contributed by atoms with Crippen LogP contribution in [-0.2, 0) is 9.53 Å². The molecule has 4 N–H and O–H groups in total. The van der Waals surface area contributed by atoms with Gasteiger partial charge in [0.1, 0.15) is 12.1 Å². The number of hydrogen-bond acceptors (Lipinski definition) is 9. The van der Waals surface area contributed by atoms with Crippen molar-refractivity contribution in [1.82, 2.24) is 20.2 Å². The lowest BCUT2D eigenvalue weighted by molar-refractivity contribution is -0.125. The van der Waals surface area contributed by atoms with Crippen LogP contribution in [0.25, 0.3) is 16.6 Å². The van der Waals surface area contributed by atoms with Crippen LogP contribution in [0, 0.1) is 5.92 Å². The van der Waals surface area contributed by atoms with E-state index in [1.807, 2.05) is 43.5 Å². The first kappa shape index (κ1) is 26.3. The number of aliphatic imine (C=N–C) groups is 1. The Bertz CT molecular complexity index is 1670. The predicted octanol–water partition coefficient (Wildman–Crippen LogP) is 2.88. The Balaban J connectivity index is 0.949. The van der Waals surface area contributed by atoms with Crippen molar-refractivity contribution in [2.24, 2.45) is 16.6 Å². The first-order valence-electron chi connectivity index (χ1n) is 14.3. The zero-order valence-corrected chi connectivity index (χ0v) is 23.1. The number of hydrogen-bond donors (Lipinski definition) is 3. The number of anilines is 1. The van der Waals surface area contributed by atoms with Crippen LogP contribution in [0.3, 0.4) is 0 Å². The predicted molar refractivity (Wildman–Crippen MR) is 157 cm³/mol. The van der Waals surface area contributed by atoms with Gasteiger partial charge in [-0.15, -0.1) is 0 Å². The number of nitrogens with zero attached hydrogens (tertiary/aromatic N) is 4. The van der Waals surface area contributed by atoms with Crippen LogP contribution in [0.2, 0.25) is 0 Å². The minimum atomic E-state index is -0.815. The maximum Gasteiger partial charge on any atom is 0.262 e. The minimum absolute atomic E-state index is 0.0241. The van der Waals surface area contributed by atoms with E-state index >= 15 is 0 Å². The van der Waals surface area contributed by atoms with Crippen molar-refractivity contribution in [3.63, 3.8) is 0 Å². The number of carbonyl (C=O) groups is 3. The fourth-order valence-corrected chi connectivity index (χ4v) is 5.97. The smallest absolute Gasteiger partial charge is 0.262 e. The van der Waals surface area contributed by atoms with E-state index in [-0.39, 0.29) is 24.3 Å². The van der Waals surface area contributed by atoms with Gasteiger partial charge in [-0.2, -0.15) is 0 Å². The summed E-state index contributed by atoms with van der Waals surface area (Å²) >= 11 is 0. The molecule has 0 radical (unpaired) electrons. The molecule has 0 spiro atoms. The van der Waals surface area contributed by atoms with Crippen LogP contribution in [0.4, 0.5) is 5.69 Å². The van der Waals surface area contributed by atoms with Crippen molar-refractivity contribution in [3.05, 3.63) is 71.2 Å². The van der Waals surface area contributed by atoms with Gasteiger partial charge >= 0.3 is 0 Å². The van der Waals surface area contributed by atoms with Crippen LogP contribution < -0.4 is 16.4 Å². The van der Waals surface area contributed by atoms with E-state index in [2.05, 4.69) is 15.6 Å². The summed E-state index contributed by atoms with van der Waals surface area (Å²) < 4.78 is 5.35. The molecule has 3 atom stereocenters. The van der Waals surface area contributed by atoms with Gasteiger partial charge in [0.25, 0.3) is 11.8 Å². The lowest BCUT2D eigenvalue weighted by Gasteiger charge is -2.33. The van der Waals surface area contributed by atoms with E-state index in [1.54, 1.807) is 18.3 Å². The first-order valence-corrected chi connectivity index (χ1v) is 14.3. The van der Waals surface area contributed by atoms with Gasteiger partial charge in [0.15, 0.2) is 6.23 Å². The lowest BCUT2D eigenvalue weighted by atomic mass is 9.80. The molecule has 4 aliphatic rings. The highest BCUT2D eigenvalue weighted by molar-refractivity contribution is 6.23. The number of fused-ring (bicyclic) bond motifs is 3. The molecule has 4 heterocycles. The molecule has 1 saturated carbocycles. The van der Waals surface area contributed by atoms with E-state index in [0.717, 1.165) is 46.6 Å². The van der Waals surface area contributed by atoms with Crippen LogP contribution in [0.15, 0.2) is 59.4 Å². The van der Waals surface area contributed by atoms with E-state index < -0.39 is 17.9 Å². The van der Waals surface area contributed by atoms with E-state index in [9.17, 15) is 14.4 Å². The Morgan fingerprint density at radius 2 is 1.90 bits per heavy atom. The topological polar surface area (TPSA) is 155 Å². The van der Waals surface area contributed by atoms with Crippen molar-refractivity contribution < 1.29 is 19.1 Å². The van der Waals surface area contributed by atoms with Crippen molar-refractivity contribution in [2.45, 2.75) is 57.0 Å². The molecule has 3 fully saturated rings. The number of amides is 3. The largest absolute Gasteiger partial charge is 0.402 e. The van der Waals surface area contributed by atoms with Gasteiger partial charge in [0.2, 0.25) is 5.91 Å². The van der Waals surface area contributed by atoms with Crippen molar-refractivity contribution in [2.75, 3.05) is 11.9 Å². The first-order chi connectivity index (χ1) is 20.4. The molecule has 3 aromatic rings. The summed E-state index contributed by atoms with van der Waals surface area (Å²) in [5.41, 5.74) is 11.3. The molecule has 1 aromatic heterocycles. The Kier molecular flexibility index (Phi) is 6.46. The second-order valence-electron chi connectivity index (χ2n) is 11.4. The number of ether oxygens (including phenoxy) is 1. The summed E-state index contributed by atoms with van der Waals surface area (Å²) in [7, 11) is 0. The monoisotopic (exact) mass is 565 g/mol. The summed E-state index contributed by atoms with van der Waals surface area (Å²) in [6.07, 6.45) is 6.07. The molecule has 3 unspecified atom stereocenters. The molecule has 42 heavy (non-hydrogen) atoms.